The molecule has 41 heavy (non-hydrogen) atoms. The number of nitrogens with one attached hydrogen (secondary N) is 1. The highest BCUT2D eigenvalue weighted by Gasteiger charge is 2.45. The number of carbonyl (C=O) groups excluding carboxylic acids is 1. The van der Waals surface area contributed by atoms with Gasteiger partial charge in [0.15, 0.2) is 17.1 Å². The van der Waals surface area contributed by atoms with Gasteiger partial charge in [-0.25, -0.2) is 9.78 Å². The number of rotatable bonds is 7. The number of carboxylic acid groups (broad SMARTS) is 1. The molecule has 11 heteroatoms. The van der Waals surface area contributed by atoms with Gasteiger partial charge in [-0.15, -0.1) is 0 Å². The minimum Gasteiger partial charge on any atom is -0.486 e. The Balaban J connectivity index is 0.000000794. The zero-order chi connectivity index (χ0) is 29.3. The first-order valence-corrected chi connectivity index (χ1v) is 14.0. The van der Waals surface area contributed by atoms with Crippen LogP contribution in [0.25, 0.3) is 22.3 Å². The van der Waals surface area contributed by atoms with E-state index in [9.17, 15) is 14.7 Å². The van der Waals surface area contributed by atoms with Crippen LogP contribution in [0.1, 0.15) is 62.3 Å². The average molecular weight is 566 g/mol. The van der Waals surface area contributed by atoms with E-state index in [0.717, 1.165) is 61.3 Å². The lowest BCUT2D eigenvalue weighted by Gasteiger charge is -2.31. The van der Waals surface area contributed by atoms with Gasteiger partial charge in [-0.2, -0.15) is 0 Å². The van der Waals surface area contributed by atoms with Crippen LogP contribution in [0.3, 0.4) is 0 Å². The van der Waals surface area contributed by atoms with Crippen LogP contribution in [0.15, 0.2) is 23.0 Å². The molecule has 3 N–H and O–H groups in total. The van der Waals surface area contributed by atoms with Crippen LogP contribution in [0.2, 0.25) is 0 Å². The zero-order valence-corrected chi connectivity index (χ0v) is 23.5. The van der Waals surface area contributed by atoms with Crippen molar-refractivity contribution < 1.29 is 34.0 Å². The van der Waals surface area contributed by atoms with Gasteiger partial charge in [-0.1, -0.05) is 20.3 Å². The van der Waals surface area contributed by atoms with Crippen molar-refractivity contribution in [2.75, 3.05) is 26.3 Å². The summed E-state index contributed by atoms with van der Waals surface area (Å²) >= 11 is 0. The minimum atomic E-state index is -1.85. The molecule has 5 heterocycles. The number of benzene rings is 1. The number of cyclic esters (lactones) is 1. The molecular formula is C30H35N3O8. The SMILES string of the molecule is CC(=O)O.CCCCNCCc1c2c(nc3cc4c(cc13)OCCO4)-c1cc3c(c(=O)n1C2)COC(=O)C3(O)CC. The quantitative estimate of drug-likeness (QED) is 0.226. The number of nitrogens with zero attached hydrogens (tertiary/aromatic N) is 2. The average Bonchev–Trinajstić information content (AvgIpc) is 3.32. The molecule has 2 aromatic heterocycles. The molecule has 0 saturated carbocycles. The van der Waals surface area contributed by atoms with Gasteiger partial charge >= 0.3 is 5.97 Å². The van der Waals surface area contributed by atoms with Crippen molar-refractivity contribution in [1.29, 1.82) is 0 Å². The van der Waals surface area contributed by atoms with Crippen LogP contribution in [0, 0.1) is 0 Å². The summed E-state index contributed by atoms with van der Waals surface area (Å²) in [4.78, 5) is 40.1. The van der Waals surface area contributed by atoms with Crippen LogP contribution in [-0.2, 0) is 39.5 Å². The van der Waals surface area contributed by atoms with E-state index < -0.39 is 17.5 Å². The number of fused-ring (bicyclic) bond motifs is 6. The van der Waals surface area contributed by atoms with E-state index >= 15 is 0 Å². The Kier molecular flexibility index (Phi) is 8.01. The van der Waals surface area contributed by atoms with Gasteiger partial charge < -0.3 is 34.3 Å². The van der Waals surface area contributed by atoms with Crippen LogP contribution >= 0.6 is 0 Å². The fourth-order valence-electron chi connectivity index (χ4n) is 5.62. The molecule has 0 aliphatic carbocycles. The Labute approximate surface area is 237 Å². The molecule has 0 saturated heterocycles. The molecule has 3 aliphatic heterocycles. The zero-order valence-electron chi connectivity index (χ0n) is 23.5. The summed E-state index contributed by atoms with van der Waals surface area (Å²) in [6.07, 6.45) is 3.11. The van der Waals surface area contributed by atoms with Crippen molar-refractivity contribution in [3.8, 4) is 22.9 Å². The fourth-order valence-corrected chi connectivity index (χ4v) is 5.62. The highest BCUT2D eigenvalue weighted by atomic mass is 16.6. The Bertz CT molecular complexity index is 1580. The van der Waals surface area contributed by atoms with E-state index in [1.165, 1.54) is 0 Å². The van der Waals surface area contributed by atoms with Gasteiger partial charge in [-0.3, -0.25) is 9.59 Å². The molecule has 0 spiro atoms. The van der Waals surface area contributed by atoms with Crippen molar-refractivity contribution in [3.63, 3.8) is 0 Å². The van der Waals surface area contributed by atoms with E-state index in [2.05, 4.69) is 12.2 Å². The maximum atomic E-state index is 13.6. The Hall–Kier alpha value is -3.96. The molecule has 1 unspecified atom stereocenters. The molecular weight excluding hydrogens is 530 g/mol. The highest BCUT2D eigenvalue weighted by Crippen LogP contribution is 2.42. The number of hydrogen-bond donors (Lipinski definition) is 3. The van der Waals surface area contributed by atoms with Gasteiger partial charge in [0.25, 0.3) is 11.5 Å². The summed E-state index contributed by atoms with van der Waals surface area (Å²) in [6, 6.07) is 5.65. The van der Waals surface area contributed by atoms with Gasteiger partial charge in [0.05, 0.1) is 29.0 Å². The van der Waals surface area contributed by atoms with Gasteiger partial charge in [0, 0.05) is 29.5 Å². The van der Waals surface area contributed by atoms with Crippen LogP contribution < -0.4 is 20.3 Å². The molecule has 11 nitrogen and oxygen atoms in total. The molecule has 0 bridgehead atoms. The first-order chi connectivity index (χ1) is 19.7. The van der Waals surface area contributed by atoms with E-state index in [4.69, 9.17) is 29.1 Å². The lowest BCUT2D eigenvalue weighted by Crippen LogP contribution is -2.44. The maximum absolute atomic E-state index is 13.6. The summed E-state index contributed by atoms with van der Waals surface area (Å²) in [5.74, 6) is -0.200. The van der Waals surface area contributed by atoms with E-state index in [1.54, 1.807) is 17.6 Å². The van der Waals surface area contributed by atoms with Crippen LogP contribution in [0.5, 0.6) is 11.5 Å². The molecule has 1 aromatic carbocycles. The summed E-state index contributed by atoms with van der Waals surface area (Å²) < 4.78 is 18.6. The summed E-state index contributed by atoms with van der Waals surface area (Å²) in [7, 11) is 0. The molecule has 6 rings (SSSR count). The molecule has 0 fully saturated rings. The maximum Gasteiger partial charge on any atom is 0.343 e. The van der Waals surface area contributed by atoms with Crippen molar-refractivity contribution in [2.24, 2.45) is 0 Å². The third kappa shape index (κ3) is 5.15. The Morgan fingerprint density at radius 2 is 1.78 bits per heavy atom. The molecule has 218 valence electrons. The van der Waals surface area contributed by atoms with Crippen molar-refractivity contribution in [2.45, 2.75) is 65.2 Å². The topological polar surface area (TPSA) is 149 Å². The summed E-state index contributed by atoms with van der Waals surface area (Å²) in [6.45, 7) is 7.91. The smallest absolute Gasteiger partial charge is 0.343 e. The first-order valence-electron chi connectivity index (χ1n) is 14.0. The van der Waals surface area contributed by atoms with Gasteiger partial charge in [0.2, 0.25) is 0 Å². The number of unbranched alkanes of at least 4 members (excludes halogenated alkanes) is 1. The van der Waals surface area contributed by atoms with Crippen LogP contribution in [-0.4, -0.2) is 58.0 Å². The lowest BCUT2D eigenvalue weighted by atomic mass is 9.86. The molecule has 0 amide bonds. The third-order valence-corrected chi connectivity index (χ3v) is 7.73. The molecule has 3 aliphatic rings. The summed E-state index contributed by atoms with van der Waals surface area (Å²) in [5.41, 5.74) is 2.70. The van der Waals surface area contributed by atoms with E-state index in [1.807, 2.05) is 12.1 Å². The van der Waals surface area contributed by atoms with Crippen molar-refractivity contribution in [1.82, 2.24) is 14.9 Å². The standard InChI is InChI=1S/C28H31N3O6.C2H4O2/c1-3-5-7-29-8-6-16-17-11-23-24(36-10-9-35-23)13-21(17)30-25-18(16)14-31-22(25)12-20-19(26(31)32)15-37-27(33)28(20,34)4-2;1-2(3)4/h11-13,29,34H,3-10,14-15H2,1-2H3;1H3,(H,3,4). The monoisotopic (exact) mass is 565 g/mol. The number of hydrogen-bond acceptors (Lipinski definition) is 9. The highest BCUT2D eigenvalue weighted by molar-refractivity contribution is 5.91. The van der Waals surface area contributed by atoms with E-state index in [-0.39, 0.29) is 18.6 Å². The molecule has 0 radical (unpaired) electrons. The second-order valence-corrected chi connectivity index (χ2v) is 10.4. The number of aromatic nitrogens is 2. The second-order valence-electron chi connectivity index (χ2n) is 10.4. The van der Waals surface area contributed by atoms with Crippen molar-refractivity contribution in [3.05, 3.63) is 50.8 Å². The van der Waals surface area contributed by atoms with Gasteiger partial charge in [-0.05, 0) is 50.0 Å². The Morgan fingerprint density at radius 3 is 2.46 bits per heavy atom. The summed E-state index contributed by atoms with van der Waals surface area (Å²) in [5, 5.41) is 23.1. The normalized spacial score (nSPS) is 18.1. The number of carboxylic acids is 1. The number of ether oxygens (including phenoxy) is 3. The van der Waals surface area contributed by atoms with Crippen LogP contribution in [0.4, 0.5) is 0 Å². The molecule has 3 aromatic rings. The molecule has 1 atom stereocenters. The van der Waals surface area contributed by atoms with Gasteiger partial charge in [0.1, 0.15) is 19.8 Å². The number of pyridine rings is 2. The number of carbonyl (C=O) groups is 2. The first kappa shape index (κ1) is 28.6. The van der Waals surface area contributed by atoms with Crippen molar-refractivity contribution >= 4 is 22.8 Å². The predicted molar refractivity (Wildman–Crippen MR) is 150 cm³/mol. The third-order valence-electron chi connectivity index (χ3n) is 7.73. The second kappa shape index (κ2) is 11.5. The van der Waals surface area contributed by atoms with E-state index in [0.29, 0.717) is 53.8 Å². The predicted octanol–water partition coefficient (Wildman–Crippen LogP) is 2.87. The number of esters is 1. The minimum absolute atomic E-state index is 0.109. The largest absolute Gasteiger partial charge is 0.486 e. The Morgan fingerprint density at radius 1 is 1.07 bits per heavy atom. The lowest BCUT2D eigenvalue weighted by molar-refractivity contribution is -0.172. The number of aliphatic carboxylic acids is 1. The fraction of sp³-hybridized carbons (Fsp3) is 0.467. The number of aliphatic hydroxyl groups is 1.